The number of aryl methyl sites for hydroxylation is 1. The lowest BCUT2D eigenvalue weighted by atomic mass is 10.1. The third-order valence-electron chi connectivity index (χ3n) is 4.02. The average molecular weight is 397 g/mol. The van der Waals surface area contributed by atoms with Gasteiger partial charge in [-0.05, 0) is 55.0 Å². The molecule has 1 heterocycles. The molecule has 0 fully saturated rings. The molecule has 0 saturated heterocycles. The Bertz CT molecular complexity index is 1040. The zero-order valence-electron chi connectivity index (χ0n) is 14.9. The molecule has 0 aliphatic rings. The van der Waals surface area contributed by atoms with Gasteiger partial charge in [0.05, 0.1) is 5.56 Å². The number of carbonyl (C=O) groups excluding carboxylic acids is 2. The van der Waals surface area contributed by atoms with E-state index in [0.29, 0.717) is 33.4 Å². The molecule has 3 aromatic rings. The Morgan fingerprint density at radius 3 is 2.54 bits per heavy atom. The molecule has 7 heteroatoms. The van der Waals surface area contributed by atoms with Gasteiger partial charge in [-0.1, -0.05) is 29.8 Å². The first-order valence-corrected chi connectivity index (χ1v) is 8.74. The Morgan fingerprint density at radius 2 is 1.82 bits per heavy atom. The zero-order valence-corrected chi connectivity index (χ0v) is 15.7. The van der Waals surface area contributed by atoms with E-state index < -0.39 is 5.91 Å². The average Bonchev–Trinajstić information content (AvgIpc) is 3.09. The van der Waals surface area contributed by atoms with E-state index in [-0.39, 0.29) is 5.91 Å². The van der Waals surface area contributed by atoms with Crippen LogP contribution in [0.25, 0.3) is 17.4 Å². The fourth-order valence-corrected chi connectivity index (χ4v) is 2.74. The maximum atomic E-state index is 12.7. The fraction of sp³-hybridized carbons (Fsp3) is 0.0476. The molecule has 0 bridgehead atoms. The van der Waals surface area contributed by atoms with Gasteiger partial charge in [-0.2, -0.15) is 0 Å². The summed E-state index contributed by atoms with van der Waals surface area (Å²) in [7, 11) is 0. The highest BCUT2D eigenvalue weighted by molar-refractivity contribution is 6.30. The van der Waals surface area contributed by atoms with Crippen LogP contribution < -0.4 is 10.8 Å². The van der Waals surface area contributed by atoms with Gasteiger partial charge in [0.2, 0.25) is 0 Å². The van der Waals surface area contributed by atoms with E-state index in [1.165, 1.54) is 11.6 Å². The lowest BCUT2D eigenvalue weighted by molar-refractivity contribution is -0.124. The summed E-state index contributed by atoms with van der Waals surface area (Å²) in [6.07, 6.45) is 2.65. The van der Waals surface area contributed by atoms with Crippen LogP contribution in [0.1, 0.15) is 21.7 Å². The Labute approximate surface area is 166 Å². The van der Waals surface area contributed by atoms with E-state index in [1.54, 1.807) is 49.4 Å². The lowest BCUT2D eigenvalue weighted by Crippen LogP contribution is -2.15. The Hall–Kier alpha value is -3.35. The van der Waals surface area contributed by atoms with E-state index >= 15 is 0 Å². The predicted octanol–water partition coefficient (Wildman–Crippen LogP) is 4.68. The number of carbonyl (C=O) groups is 2. The summed E-state index contributed by atoms with van der Waals surface area (Å²) in [5.41, 5.74) is 3.85. The number of para-hydroxylation sites is 1. The summed E-state index contributed by atoms with van der Waals surface area (Å²) in [5.74, 6) is 0.0376. The zero-order chi connectivity index (χ0) is 20.1. The van der Waals surface area contributed by atoms with Gasteiger partial charge in [0.25, 0.3) is 11.8 Å². The van der Waals surface area contributed by atoms with Gasteiger partial charge < -0.3 is 9.73 Å². The van der Waals surface area contributed by atoms with Crippen molar-refractivity contribution in [3.8, 4) is 11.3 Å². The van der Waals surface area contributed by atoms with E-state index in [1.807, 2.05) is 12.1 Å². The third kappa shape index (κ3) is 4.49. The van der Waals surface area contributed by atoms with E-state index in [2.05, 4.69) is 5.32 Å². The van der Waals surface area contributed by atoms with Crippen LogP contribution >= 0.6 is 11.6 Å². The molecule has 0 atom stereocenters. The molecular weight excluding hydrogens is 380 g/mol. The first-order valence-electron chi connectivity index (χ1n) is 8.37. The summed E-state index contributed by atoms with van der Waals surface area (Å²) in [6, 6.07) is 15.8. The largest absolute Gasteiger partial charge is 0.461 e. The maximum Gasteiger partial charge on any atom is 0.267 e. The summed E-state index contributed by atoms with van der Waals surface area (Å²) in [5, 5.41) is 12.0. The highest BCUT2D eigenvalue weighted by Gasteiger charge is 2.17. The van der Waals surface area contributed by atoms with Crippen molar-refractivity contribution in [2.24, 2.45) is 0 Å². The number of halogens is 1. The number of hydroxylamine groups is 1. The number of benzene rings is 2. The smallest absolute Gasteiger partial charge is 0.267 e. The number of furan rings is 1. The number of hydrogen-bond donors (Lipinski definition) is 3. The molecule has 3 N–H and O–H groups in total. The highest BCUT2D eigenvalue weighted by Crippen LogP contribution is 2.27. The third-order valence-corrected chi connectivity index (χ3v) is 4.28. The number of amides is 2. The molecule has 142 valence electrons. The Balaban J connectivity index is 1.83. The maximum absolute atomic E-state index is 12.7. The van der Waals surface area contributed by atoms with Gasteiger partial charge in [0.1, 0.15) is 11.5 Å². The molecular formula is C21H17ClN2O4. The van der Waals surface area contributed by atoms with Crippen molar-refractivity contribution in [3.63, 3.8) is 0 Å². The van der Waals surface area contributed by atoms with Crippen LogP contribution in [0.2, 0.25) is 5.02 Å². The van der Waals surface area contributed by atoms with Gasteiger partial charge in [-0.3, -0.25) is 14.8 Å². The van der Waals surface area contributed by atoms with Gasteiger partial charge in [0.15, 0.2) is 0 Å². The van der Waals surface area contributed by atoms with Crippen molar-refractivity contribution < 1.29 is 19.2 Å². The second-order valence-electron chi connectivity index (χ2n) is 5.94. The summed E-state index contributed by atoms with van der Waals surface area (Å²) < 4.78 is 5.72. The number of nitrogens with one attached hydrogen (secondary N) is 2. The fourth-order valence-electron chi connectivity index (χ4n) is 2.61. The van der Waals surface area contributed by atoms with Crippen molar-refractivity contribution in [1.29, 1.82) is 0 Å². The van der Waals surface area contributed by atoms with Crippen LogP contribution in [-0.2, 0) is 4.79 Å². The molecule has 2 amide bonds. The second kappa shape index (κ2) is 8.56. The minimum atomic E-state index is -0.667. The quantitative estimate of drug-likeness (QED) is 0.332. The SMILES string of the molecule is Cc1oc(-c2ccc(Cl)cc2)cc1C(=O)Nc1ccccc1C=CC(=O)NO. The van der Waals surface area contributed by atoms with Crippen LogP contribution in [0, 0.1) is 6.92 Å². The Kier molecular flexibility index (Phi) is 5.93. The minimum absolute atomic E-state index is 0.339. The molecule has 0 unspecified atom stereocenters. The predicted molar refractivity (Wildman–Crippen MR) is 107 cm³/mol. The monoisotopic (exact) mass is 396 g/mol. The van der Waals surface area contributed by atoms with Crippen LogP contribution in [0.3, 0.4) is 0 Å². The summed E-state index contributed by atoms with van der Waals surface area (Å²) in [6.45, 7) is 1.71. The minimum Gasteiger partial charge on any atom is -0.461 e. The van der Waals surface area contributed by atoms with E-state index in [0.717, 1.165) is 11.6 Å². The summed E-state index contributed by atoms with van der Waals surface area (Å²) in [4.78, 5) is 23.9. The molecule has 2 aromatic carbocycles. The number of hydrogen-bond acceptors (Lipinski definition) is 4. The second-order valence-corrected chi connectivity index (χ2v) is 6.37. The first-order chi connectivity index (χ1) is 13.5. The van der Waals surface area contributed by atoms with Crippen molar-refractivity contribution in [1.82, 2.24) is 5.48 Å². The van der Waals surface area contributed by atoms with E-state index in [4.69, 9.17) is 21.2 Å². The Morgan fingerprint density at radius 1 is 1.11 bits per heavy atom. The first kappa shape index (κ1) is 19.4. The summed E-state index contributed by atoms with van der Waals surface area (Å²) >= 11 is 5.91. The standard InChI is InChI=1S/C21H17ClN2O4/c1-13-17(12-19(28-13)15-6-9-16(22)10-7-15)21(26)23-18-5-3-2-4-14(18)8-11-20(25)24-27/h2-12,27H,1H3,(H,23,26)(H,24,25). The molecule has 3 rings (SSSR count). The highest BCUT2D eigenvalue weighted by atomic mass is 35.5. The molecule has 0 radical (unpaired) electrons. The van der Waals surface area contributed by atoms with Crippen LogP contribution in [0.15, 0.2) is 65.1 Å². The van der Waals surface area contributed by atoms with Crippen LogP contribution in [-0.4, -0.2) is 17.0 Å². The van der Waals surface area contributed by atoms with Gasteiger partial charge in [-0.15, -0.1) is 0 Å². The normalized spacial score (nSPS) is 10.8. The number of rotatable bonds is 5. The van der Waals surface area contributed by atoms with Gasteiger partial charge in [0, 0.05) is 22.3 Å². The van der Waals surface area contributed by atoms with Crippen molar-refractivity contribution in [2.45, 2.75) is 6.92 Å². The topological polar surface area (TPSA) is 91.6 Å². The lowest BCUT2D eigenvalue weighted by Gasteiger charge is -2.07. The van der Waals surface area contributed by atoms with Crippen molar-refractivity contribution in [3.05, 3.63) is 82.6 Å². The van der Waals surface area contributed by atoms with Gasteiger partial charge >= 0.3 is 0 Å². The number of anilines is 1. The van der Waals surface area contributed by atoms with Crippen LogP contribution in [0.4, 0.5) is 5.69 Å². The van der Waals surface area contributed by atoms with Crippen LogP contribution in [0.5, 0.6) is 0 Å². The molecule has 0 aliphatic carbocycles. The molecule has 0 aliphatic heterocycles. The molecule has 28 heavy (non-hydrogen) atoms. The van der Waals surface area contributed by atoms with Crippen molar-refractivity contribution >= 4 is 35.2 Å². The van der Waals surface area contributed by atoms with Gasteiger partial charge in [-0.25, -0.2) is 5.48 Å². The molecule has 1 aromatic heterocycles. The molecule has 0 saturated carbocycles. The van der Waals surface area contributed by atoms with Crippen molar-refractivity contribution in [2.75, 3.05) is 5.32 Å². The molecule has 0 spiro atoms. The molecule has 6 nitrogen and oxygen atoms in total. The van der Waals surface area contributed by atoms with E-state index in [9.17, 15) is 9.59 Å².